The Hall–Kier alpha value is -0.770. The van der Waals surface area contributed by atoms with Crippen LogP contribution >= 0.6 is 11.6 Å². The highest BCUT2D eigenvalue weighted by Crippen LogP contribution is 2.25. The van der Waals surface area contributed by atoms with Crippen LogP contribution < -0.4 is 0 Å². The Kier molecular flexibility index (Phi) is 3.14. The smallest absolute Gasteiger partial charge is 0.254 e. The van der Waals surface area contributed by atoms with Gasteiger partial charge in [-0.1, -0.05) is 0 Å². The molecule has 5 heteroatoms. The topological polar surface area (TPSA) is 12.9 Å². The molecular formula is C8H7ClF3N. The molecule has 0 saturated heterocycles. The van der Waals surface area contributed by atoms with Gasteiger partial charge in [-0.3, -0.25) is 4.98 Å². The van der Waals surface area contributed by atoms with E-state index in [0.717, 1.165) is 6.20 Å². The van der Waals surface area contributed by atoms with Crippen molar-refractivity contribution in [2.75, 3.05) is 0 Å². The molecular weight excluding hydrogens is 203 g/mol. The second-order valence-corrected chi connectivity index (χ2v) is 2.82. The molecule has 1 aromatic rings. The molecule has 0 amide bonds. The third-order valence-electron chi connectivity index (χ3n) is 1.66. The van der Waals surface area contributed by atoms with Gasteiger partial charge in [-0.25, -0.2) is 13.2 Å². The van der Waals surface area contributed by atoms with Crippen molar-refractivity contribution in [1.82, 2.24) is 4.98 Å². The average molecular weight is 210 g/mol. The Morgan fingerprint density at radius 3 is 2.62 bits per heavy atom. The average Bonchev–Trinajstić information content (AvgIpc) is 2.09. The molecule has 0 aliphatic heterocycles. The number of aryl methyl sites for hydroxylation is 1. The van der Waals surface area contributed by atoms with Gasteiger partial charge in [0.05, 0.1) is 5.88 Å². The molecule has 0 N–H and O–H groups in total. The van der Waals surface area contributed by atoms with Gasteiger partial charge in [0.1, 0.15) is 11.5 Å². The molecule has 0 saturated carbocycles. The number of nitrogens with zero attached hydrogens (tertiary/aromatic N) is 1. The number of alkyl halides is 3. The number of hydrogen-bond donors (Lipinski definition) is 0. The van der Waals surface area contributed by atoms with Crippen molar-refractivity contribution in [1.29, 1.82) is 0 Å². The zero-order chi connectivity index (χ0) is 10.0. The van der Waals surface area contributed by atoms with Crippen molar-refractivity contribution in [3.05, 3.63) is 28.8 Å². The summed E-state index contributed by atoms with van der Waals surface area (Å²) in [5.41, 5.74) is -0.560. The van der Waals surface area contributed by atoms with Crippen LogP contribution in [0.4, 0.5) is 13.2 Å². The molecule has 0 unspecified atom stereocenters. The van der Waals surface area contributed by atoms with Crippen LogP contribution in [0.2, 0.25) is 0 Å². The SMILES string of the molecule is Cc1cnc(C(F)F)c(CCl)c1F. The van der Waals surface area contributed by atoms with E-state index < -0.39 is 17.9 Å². The summed E-state index contributed by atoms with van der Waals surface area (Å²) < 4.78 is 37.6. The van der Waals surface area contributed by atoms with Crippen molar-refractivity contribution >= 4 is 11.6 Å². The zero-order valence-electron chi connectivity index (χ0n) is 6.82. The summed E-state index contributed by atoms with van der Waals surface area (Å²) in [5.74, 6) is -0.986. The van der Waals surface area contributed by atoms with Gasteiger partial charge in [0, 0.05) is 17.3 Å². The molecule has 13 heavy (non-hydrogen) atoms. The highest BCUT2D eigenvalue weighted by atomic mass is 35.5. The quantitative estimate of drug-likeness (QED) is 0.682. The first-order chi connectivity index (χ1) is 6.07. The summed E-state index contributed by atoms with van der Waals surface area (Å²) in [4.78, 5) is 3.43. The maximum atomic E-state index is 13.2. The predicted molar refractivity (Wildman–Crippen MR) is 43.4 cm³/mol. The predicted octanol–water partition coefficient (Wildman–Crippen LogP) is 3.21. The van der Waals surface area contributed by atoms with Crippen molar-refractivity contribution < 1.29 is 13.2 Å². The maximum absolute atomic E-state index is 13.2. The highest BCUT2D eigenvalue weighted by Gasteiger charge is 2.18. The van der Waals surface area contributed by atoms with Gasteiger partial charge in [-0.15, -0.1) is 11.6 Å². The summed E-state index contributed by atoms with van der Waals surface area (Å²) in [6, 6.07) is 0. The molecule has 0 spiro atoms. The number of hydrogen-bond acceptors (Lipinski definition) is 1. The van der Waals surface area contributed by atoms with E-state index in [0.29, 0.717) is 0 Å². The molecule has 1 nitrogen and oxygen atoms in total. The van der Waals surface area contributed by atoms with E-state index in [4.69, 9.17) is 11.6 Å². The van der Waals surface area contributed by atoms with Crippen LogP contribution in [0.25, 0.3) is 0 Å². The molecule has 0 aromatic carbocycles. The minimum absolute atomic E-state index is 0.211. The van der Waals surface area contributed by atoms with E-state index in [2.05, 4.69) is 4.98 Å². The number of aromatic nitrogens is 1. The Morgan fingerprint density at radius 1 is 1.54 bits per heavy atom. The summed E-state index contributed by atoms with van der Waals surface area (Å²) >= 11 is 5.34. The summed E-state index contributed by atoms with van der Waals surface area (Å²) in [6.45, 7) is 1.45. The van der Waals surface area contributed by atoms with Crippen LogP contribution in [-0.2, 0) is 5.88 Å². The largest absolute Gasteiger partial charge is 0.280 e. The molecule has 1 heterocycles. The van der Waals surface area contributed by atoms with E-state index in [1.807, 2.05) is 0 Å². The highest BCUT2D eigenvalue weighted by molar-refractivity contribution is 6.17. The number of rotatable bonds is 2. The van der Waals surface area contributed by atoms with Crippen LogP contribution in [-0.4, -0.2) is 4.98 Å². The number of pyridine rings is 1. The Labute approximate surface area is 78.5 Å². The van der Waals surface area contributed by atoms with Crippen LogP contribution in [0, 0.1) is 12.7 Å². The molecule has 72 valence electrons. The second-order valence-electron chi connectivity index (χ2n) is 2.55. The van der Waals surface area contributed by atoms with Gasteiger partial charge < -0.3 is 0 Å². The monoisotopic (exact) mass is 209 g/mol. The molecule has 0 aliphatic rings. The lowest BCUT2D eigenvalue weighted by Crippen LogP contribution is -2.02. The van der Waals surface area contributed by atoms with Crippen molar-refractivity contribution in [3.63, 3.8) is 0 Å². The minimum Gasteiger partial charge on any atom is -0.254 e. The minimum atomic E-state index is -2.79. The van der Waals surface area contributed by atoms with Crippen molar-refractivity contribution in [3.8, 4) is 0 Å². The normalized spacial score (nSPS) is 10.9. The molecule has 0 aliphatic carbocycles. The van der Waals surface area contributed by atoms with E-state index in [1.165, 1.54) is 6.92 Å². The lowest BCUT2D eigenvalue weighted by atomic mass is 10.1. The molecule has 0 fully saturated rings. The Balaban J connectivity index is 3.30. The molecule has 1 aromatic heterocycles. The van der Waals surface area contributed by atoms with Crippen molar-refractivity contribution in [2.45, 2.75) is 19.2 Å². The maximum Gasteiger partial charge on any atom is 0.280 e. The van der Waals surface area contributed by atoms with Gasteiger partial charge in [0.15, 0.2) is 0 Å². The zero-order valence-corrected chi connectivity index (χ0v) is 7.58. The van der Waals surface area contributed by atoms with Crippen LogP contribution in [0.3, 0.4) is 0 Å². The molecule has 0 radical (unpaired) electrons. The van der Waals surface area contributed by atoms with E-state index in [1.54, 1.807) is 0 Å². The van der Waals surface area contributed by atoms with Gasteiger partial charge >= 0.3 is 0 Å². The van der Waals surface area contributed by atoms with Gasteiger partial charge in [0.2, 0.25) is 0 Å². The third kappa shape index (κ3) is 1.94. The van der Waals surface area contributed by atoms with Gasteiger partial charge in [-0.05, 0) is 6.92 Å². The first kappa shape index (κ1) is 10.3. The first-order valence-electron chi connectivity index (χ1n) is 3.56. The van der Waals surface area contributed by atoms with Gasteiger partial charge in [0.25, 0.3) is 6.43 Å². The Bertz CT molecular complexity index is 315. The Morgan fingerprint density at radius 2 is 2.15 bits per heavy atom. The summed E-state index contributed by atoms with van der Waals surface area (Å²) in [7, 11) is 0. The third-order valence-corrected chi connectivity index (χ3v) is 1.93. The summed E-state index contributed by atoms with van der Waals surface area (Å²) in [6.07, 6.45) is -1.71. The summed E-state index contributed by atoms with van der Waals surface area (Å²) in [5, 5.41) is 0. The van der Waals surface area contributed by atoms with E-state index in [-0.39, 0.29) is 17.0 Å². The number of halogens is 4. The standard InChI is InChI=1S/C8H7ClF3N/c1-4-3-13-7(8(11)12)5(2-9)6(4)10/h3,8H,2H2,1H3. The van der Waals surface area contributed by atoms with E-state index in [9.17, 15) is 13.2 Å². The first-order valence-corrected chi connectivity index (χ1v) is 4.09. The van der Waals surface area contributed by atoms with E-state index >= 15 is 0 Å². The van der Waals surface area contributed by atoms with Crippen LogP contribution in [0.5, 0.6) is 0 Å². The second kappa shape index (κ2) is 3.96. The van der Waals surface area contributed by atoms with Crippen molar-refractivity contribution in [2.24, 2.45) is 0 Å². The fraction of sp³-hybridized carbons (Fsp3) is 0.375. The molecule has 1 rings (SSSR count). The van der Waals surface area contributed by atoms with Crippen LogP contribution in [0.15, 0.2) is 6.20 Å². The van der Waals surface area contributed by atoms with Crippen LogP contribution in [0.1, 0.15) is 23.2 Å². The van der Waals surface area contributed by atoms with Gasteiger partial charge in [-0.2, -0.15) is 0 Å². The molecule has 0 bridgehead atoms. The molecule has 0 atom stereocenters. The lowest BCUT2D eigenvalue weighted by molar-refractivity contribution is 0.144. The fourth-order valence-corrected chi connectivity index (χ4v) is 1.22. The lowest BCUT2D eigenvalue weighted by Gasteiger charge is -2.07. The fourth-order valence-electron chi connectivity index (χ4n) is 0.967.